The minimum Gasteiger partial charge on any atom is -0.279 e. The summed E-state index contributed by atoms with van der Waals surface area (Å²) in [6.07, 6.45) is 2.11. The summed E-state index contributed by atoms with van der Waals surface area (Å²) in [4.78, 5) is 2.32. The third-order valence-corrected chi connectivity index (χ3v) is 3.69. The highest BCUT2D eigenvalue weighted by Gasteiger charge is 2.39. The Hall–Kier alpha value is -1.33. The van der Waals surface area contributed by atoms with Crippen LogP contribution in [-0.2, 0) is 0 Å². The van der Waals surface area contributed by atoms with Crippen LogP contribution < -0.4 is 0 Å². The highest BCUT2D eigenvalue weighted by atomic mass is 15.2. The van der Waals surface area contributed by atoms with Gasteiger partial charge in [-0.1, -0.05) is 30.3 Å². The van der Waals surface area contributed by atoms with Gasteiger partial charge in [-0.25, -0.2) is 0 Å². The van der Waals surface area contributed by atoms with Crippen molar-refractivity contribution in [2.45, 2.75) is 38.3 Å². The van der Waals surface area contributed by atoms with Gasteiger partial charge in [0.25, 0.3) is 0 Å². The van der Waals surface area contributed by atoms with Gasteiger partial charge in [0.2, 0.25) is 0 Å². The van der Waals surface area contributed by atoms with E-state index in [0.29, 0.717) is 6.04 Å². The molecule has 0 saturated carbocycles. The molecule has 1 aliphatic rings. The largest absolute Gasteiger partial charge is 0.279 e. The molecule has 2 rings (SSSR count). The van der Waals surface area contributed by atoms with E-state index in [1.54, 1.807) is 0 Å². The molecule has 1 heterocycles. The van der Waals surface area contributed by atoms with E-state index in [1.807, 2.05) is 6.07 Å². The highest BCUT2D eigenvalue weighted by molar-refractivity contribution is 5.21. The molecule has 1 unspecified atom stereocenters. The molecule has 1 aromatic rings. The molecular formula is C14H18N2. The lowest BCUT2D eigenvalue weighted by Crippen LogP contribution is -2.41. The van der Waals surface area contributed by atoms with E-state index in [1.165, 1.54) is 5.56 Å². The van der Waals surface area contributed by atoms with E-state index in [9.17, 15) is 5.26 Å². The maximum absolute atomic E-state index is 9.30. The molecule has 1 fully saturated rings. The van der Waals surface area contributed by atoms with Crippen LogP contribution in [0.25, 0.3) is 0 Å². The summed E-state index contributed by atoms with van der Waals surface area (Å²) < 4.78 is 0. The lowest BCUT2D eigenvalue weighted by molar-refractivity contribution is 0.154. The van der Waals surface area contributed by atoms with Crippen molar-refractivity contribution in [2.24, 2.45) is 0 Å². The zero-order valence-corrected chi connectivity index (χ0v) is 9.98. The van der Waals surface area contributed by atoms with Crippen molar-refractivity contribution in [1.29, 1.82) is 5.26 Å². The van der Waals surface area contributed by atoms with E-state index >= 15 is 0 Å². The van der Waals surface area contributed by atoms with Gasteiger partial charge >= 0.3 is 0 Å². The van der Waals surface area contributed by atoms with Crippen molar-refractivity contribution in [3.05, 3.63) is 35.9 Å². The molecule has 2 nitrogen and oxygen atoms in total. The first-order valence-electron chi connectivity index (χ1n) is 5.90. The number of likely N-dealkylation sites (tertiary alicyclic amines) is 1. The number of hydrogen-bond acceptors (Lipinski definition) is 2. The van der Waals surface area contributed by atoms with Crippen molar-refractivity contribution in [1.82, 2.24) is 4.90 Å². The van der Waals surface area contributed by atoms with E-state index in [-0.39, 0.29) is 5.54 Å². The molecule has 84 valence electrons. The first kappa shape index (κ1) is 11.2. The van der Waals surface area contributed by atoms with Gasteiger partial charge in [0.15, 0.2) is 0 Å². The van der Waals surface area contributed by atoms with E-state index < -0.39 is 0 Å². The maximum Gasteiger partial charge on any atom is 0.106 e. The maximum atomic E-state index is 9.30. The van der Waals surface area contributed by atoms with Crippen molar-refractivity contribution < 1.29 is 0 Å². The van der Waals surface area contributed by atoms with Crippen molar-refractivity contribution >= 4 is 0 Å². The van der Waals surface area contributed by atoms with Gasteiger partial charge in [-0.2, -0.15) is 5.26 Å². The quantitative estimate of drug-likeness (QED) is 0.756. The number of nitriles is 1. The summed E-state index contributed by atoms with van der Waals surface area (Å²) in [6.45, 7) is 5.27. The fourth-order valence-electron chi connectivity index (χ4n) is 2.64. The summed E-state index contributed by atoms with van der Waals surface area (Å²) in [5.74, 6) is 0. The van der Waals surface area contributed by atoms with Crippen molar-refractivity contribution in [3.63, 3.8) is 0 Å². The zero-order chi connectivity index (χ0) is 11.6. The molecule has 16 heavy (non-hydrogen) atoms. The van der Waals surface area contributed by atoms with E-state index in [2.05, 4.69) is 49.1 Å². The Morgan fingerprint density at radius 1 is 1.38 bits per heavy atom. The molecular weight excluding hydrogens is 196 g/mol. The topological polar surface area (TPSA) is 27.0 Å². The Morgan fingerprint density at radius 3 is 2.69 bits per heavy atom. The Morgan fingerprint density at radius 2 is 2.06 bits per heavy atom. The molecule has 2 heteroatoms. The molecule has 1 saturated heterocycles. The molecule has 0 amide bonds. The van der Waals surface area contributed by atoms with Crippen molar-refractivity contribution in [3.8, 4) is 6.07 Å². The summed E-state index contributed by atoms with van der Waals surface area (Å²) >= 11 is 0. The predicted octanol–water partition coefficient (Wildman–Crippen LogP) is 3.13. The average molecular weight is 214 g/mol. The van der Waals surface area contributed by atoms with Gasteiger partial charge < -0.3 is 0 Å². The number of hydrogen-bond donors (Lipinski definition) is 0. The standard InChI is InChI=1S/C14H18N2/c1-12(13-7-4-3-5-8-13)16-10-6-9-14(16,2)11-15/h3-5,7-8,12H,6,9-10H2,1-2H3/t12?,14-/m1/s1. The second-order valence-electron chi connectivity index (χ2n) is 4.77. The van der Waals surface area contributed by atoms with Gasteiger partial charge in [0.05, 0.1) is 6.07 Å². The van der Waals surface area contributed by atoms with Crippen LogP contribution in [0.15, 0.2) is 30.3 Å². The van der Waals surface area contributed by atoms with E-state index in [4.69, 9.17) is 0 Å². The number of rotatable bonds is 2. The first-order chi connectivity index (χ1) is 7.67. The molecule has 0 bridgehead atoms. The van der Waals surface area contributed by atoms with Gasteiger partial charge in [-0.05, 0) is 32.3 Å². The minimum absolute atomic E-state index is 0.282. The number of nitrogens with zero attached hydrogens (tertiary/aromatic N) is 2. The van der Waals surface area contributed by atoms with E-state index in [0.717, 1.165) is 19.4 Å². The van der Waals surface area contributed by atoms with Gasteiger partial charge in [0.1, 0.15) is 5.54 Å². The predicted molar refractivity (Wildman–Crippen MR) is 64.8 cm³/mol. The van der Waals surface area contributed by atoms with Crippen LogP contribution in [0.1, 0.15) is 38.3 Å². The van der Waals surface area contributed by atoms with Crippen LogP contribution in [0.2, 0.25) is 0 Å². The zero-order valence-electron chi connectivity index (χ0n) is 9.98. The van der Waals surface area contributed by atoms with Gasteiger partial charge in [0, 0.05) is 12.6 Å². The molecule has 1 aromatic carbocycles. The van der Waals surface area contributed by atoms with Gasteiger partial charge in [-0.3, -0.25) is 4.90 Å². The Balaban J connectivity index is 2.23. The molecule has 0 spiro atoms. The second kappa shape index (κ2) is 4.27. The monoisotopic (exact) mass is 214 g/mol. The van der Waals surface area contributed by atoms with Crippen LogP contribution in [0.5, 0.6) is 0 Å². The van der Waals surface area contributed by atoms with Crippen LogP contribution in [-0.4, -0.2) is 17.0 Å². The smallest absolute Gasteiger partial charge is 0.106 e. The SMILES string of the molecule is CC(c1ccccc1)N1CCC[C@]1(C)C#N. The highest BCUT2D eigenvalue weighted by Crippen LogP contribution is 2.35. The Kier molecular flexibility index (Phi) is 2.98. The Bertz CT molecular complexity index is 393. The molecule has 0 aromatic heterocycles. The summed E-state index contributed by atoms with van der Waals surface area (Å²) in [6, 6.07) is 13.2. The lowest BCUT2D eigenvalue weighted by Gasteiger charge is -2.34. The summed E-state index contributed by atoms with van der Waals surface area (Å²) in [5, 5.41) is 9.30. The molecule has 0 N–H and O–H groups in total. The third-order valence-electron chi connectivity index (χ3n) is 3.69. The Labute approximate surface area is 97.5 Å². The summed E-state index contributed by atoms with van der Waals surface area (Å²) in [7, 11) is 0. The average Bonchev–Trinajstić information content (AvgIpc) is 2.72. The molecule has 0 aliphatic carbocycles. The normalized spacial score (nSPS) is 27.6. The fourth-order valence-corrected chi connectivity index (χ4v) is 2.64. The van der Waals surface area contributed by atoms with Crippen LogP contribution in [0.3, 0.4) is 0 Å². The lowest BCUT2D eigenvalue weighted by atomic mass is 9.97. The van der Waals surface area contributed by atoms with Crippen LogP contribution in [0, 0.1) is 11.3 Å². The molecule has 0 radical (unpaired) electrons. The molecule has 1 aliphatic heterocycles. The minimum atomic E-state index is -0.282. The fraction of sp³-hybridized carbons (Fsp3) is 0.500. The van der Waals surface area contributed by atoms with Crippen molar-refractivity contribution in [2.75, 3.05) is 6.54 Å². The van der Waals surface area contributed by atoms with Crippen LogP contribution in [0.4, 0.5) is 0 Å². The third kappa shape index (κ3) is 1.83. The van der Waals surface area contributed by atoms with Crippen LogP contribution >= 0.6 is 0 Å². The number of benzene rings is 1. The summed E-state index contributed by atoms with van der Waals surface area (Å²) in [5.41, 5.74) is 1.01. The van der Waals surface area contributed by atoms with Gasteiger partial charge in [-0.15, -0.1) is 0 Å². The molecule has 2 atom stereocenters. The first-order valence-corrected chi connectivity index (χ1v) is 5.90. The second-order valence-corrected chi connectivity index (χ2v) is 4.77.